The van der Waals surface area contributed by atoms with Gasteiger partial charge in [0.1, 0.15) is 0 Å². The summed E-state index contributed by atoms with van der Waals surface area (Å²) in [5.41, 5.74) is 2.78. The number of hydrogen-bond acceptors (Lipinski definition) is 3. The molecule has 0 fully saturated rings. The van der Waals surface area contributed by atoms with Crippen molar-refractivity contribution in [1.29, 1.82) is 0 Å². The quantitative estimate of drug-likeness (QED) is 0.615. The van der Waals surface area contributed by atoms with E-state index in [0.29, 0.717) is 18.7 Å². The summed E-state index contributed by atoms with van der Waals surface area (Å²) in [5.74, 6) is -0.141. The molecule has 3 N–H and O–H groups in total. The van der Waals surface area contributed by atoms with E-state index >= 15 is 0 Å². The van der Waals surface area contributed by atoms with Gasteiger partial charge in [0.05, 0.1) is 0 Å². The average molecular weight is 339 g/mol. The molecule has 0 aliphatic carbocycles. The molecule has 0 aliphatic heterocycles. The molecular weight excluding hydrogens is 314 g/mol. The highest BCUT2D eigenvalue weighted by atomic mass is 16.2. The Labute approximate surface area is 148 Å². The van der Waals surface area contributed by atoms with Crippen molar-refractivity contribution in [2.45, 2.75) is 26.2 Å². The first-order valence-corrected chi connectivity index (χ1v) is 8.55. The van der Waals surface area contributed by atoms with Crippen molar-refractivity contribution >= 4 is 23.2 Å². The summed E-state index contributed by atoms with van der Waals surface area (Å²) < 4.78 is 0. The zero-order valence-corrected chi connectivity index (χ0v) is 14.5. The molecule has 0 bridgehead atoms. The minimum absolute atomic E-state index is 0.0252. The van der Waals surface area contributed by atoms with Crippen LogP contribution >= 0.6 is 0 Å². The second-order valence-electron chi connectivity index (χ2n) is 5.90. The predicted octanol–water partition coefficient (Wildman–Crippen LogP) is 3.20. The molecule has 25 heavy (non-hydrogen) atoms. The van der Waals surface area contributed by atoms with E-state index in [2.05, 4.69) is 40.2 Å². The first-order valence-electron chi connectivity index (χ1n) is 8.55. The Bertz CT molecular complexity index is 669. The van der Waals surface area contributed by atoms with E-state index in [1.54, 1.807) is 24.3 Å². The number of carbonyl (C=O) groups is 2. The number of hydrogen-bond donors (Lipinski definition) is 3. The van der Waals surface area contributed by atoms with Gasteiger partial charge in [-0.15, -0.1) is 0 Å². The van der Waals surface area contributed by atoms with Gasteiger partial charge in [0.15, 0.2) is 0 Å². The van der Waals surface area contributed by atoms with E-state index in [9.17, 15) is 9.59 Å². The number of amides is 2. The van der Waals surface area contributed by atoms with Crippen molar-refractivity contribution in [1.82, 2.24) is 5.32 Å². The van der Waals surface area contributed by atoms with Crippen LogP contribution in [0.3, 0.4) is 0 Å². The summed E-state index contributed by atoms with van der Waals surface area (Å²) in [5, 5.41) is 8.83. The molecule has 2 aromatic rings. The fraction of sp³-hybridized carbons (Fsp3) is 0.300. The average Bonchev–Trinajstić information content (AvgIpc) is 2.60. The molecular formula is C20H25N3O2. The van der Waals surface area contributed by atoms with Gasteiger partial charge in [-0.2, -0.15) is 0 Å². The first kappa shape index (κ1) is 18.7. The normalized spacial score (nSPS) is 10.3. The van der Waals surface area contributed by atoms with Crippen LogP contribution < -0.4 is 16.0 Å². The van der Waals surface area contributed by atoms with Crippen molar-refractivity contribution in [2.24, 2.45) is 0 Å². The lowest BCUT2D eigenvalue weighted by molar-refractivity contribution is -0.116. The van der Waals surface area contributed by atoms with Gasteiger partial charge in [-0.1, -0.05) is 30.3 Å². The van der Waals surface area contributed by atoms with Gasteiger partial charge in [-0.25, -0.2) is 0 Å². The van der Waals surface area contributed by atoms with Crippen LogP contribution in [0.2, 0.25) is 0 Å². The summed E-state index contributed by atoms with van der Waals surface area (Å²) in [4.78, 5) is 22.9. The zero-order chi connectivity index (χ0) is 17.9. The van der Waals surface area contributed by atoms with Crippen LogP contribution in [0.5, 0.6) is 0 Å². The Balaban J connectivity index is 1.58. The van der Waals surface area contributed by atoms with Crippen LogP contribution in [0.1, 0.15) is 25.3 Å². The maximum atomic E-state index is 11.9. The third kappa shape index (κ3) is 7.63. The molecule has 0 unspecified atom stereocenters. The highest BCUT2D eigenvalue weighted by Gasteiger charge is 2.02. The van der Waals surface area contributed by atoms with E-state index in [4.69, 9.17) is 0 Å². The number of benzene rings is 2. The van der Waals surface area contributed by atoms with Gasteiger partial charge in [0.2, 0.25) is 11.8 Å². The predicted molar refractivity (Wildman–Crippen MR) is 102 cm³/mol. The lowest BCUT2D eigenvalue weighted by atomic mass is 10.1. The molecule has 0 radical (unpaired) electrons. The fourth-order valence-electron chi connectivity index (χ4n) is 2.45. The molecule has 2 aromatic carbocycles. The van der Waals surface area contributed by atoms with Crippen LogP contribution in [0.4, 0.5) is 11.4 Å². The highest BCUT2D eigenvalue weighted by molar-refractivity contribution is 5.92. The number of carbonyl (C=O) groups excluding carboxylic acids is 2. The molecule has 5 heteroatoms. The van der Waals surface area contributed by atoms with Gasteiger partial charge >= 0.3 is 0 Å². The van der Waals surface area contributed by atoms with E-state index in [0.717, 1.165) is 25.1 Å². The number of nitrogens with one attached hydrogen (secondary N) is 3. The number of rotatable bonds is 9. The summed E-state index contributed by atoms with van der Waals surface area (Å²) in [6.07, 6.45) is 2.52. The molecule has 0 spiro atoms. The van der Waals surface area contributed by atoms with Crippen molar-refractivity contribution in [3.63, 3.8) is 0 Å². The van der Waals surface area contributed by atoms with Crippen molar-refractivity contribution in [3.05, 3.63) is 60.2 Å². The lowest BCUT2D eigenvalue weighted by Crippen LogP contribution is -2.22. The molecule has 0 aliphatic rings. The van der Waals surface area contributed by atoms with E-state index in [1.807, 2.05) is 6.07 Å². The molecule has 5 nitrogen and oxygen atoms in total. The van der Waals surface area contributed by atoms with Crippen LogP contribution in [0.15, 0.2) is 54.6 Å². The second-order valence-corrected chi connectivity index (χ2v) is 5.90. The molecule has 132 valence electrons. The lowest BCUT2D eigenvalue weighted by Gasteiger charge is -2.08. The first-order chi connectivity index (χ1) is 12.1. The van der Waals surface area contributed by atoms with Crippen LogP contribution in [-0.2, 0) is 16.0 Å². The minimum Gasteiger partial charge on any atom is -0.326 e. The Kier molecular flexibility index (Phi) is 7.66. The van der Waals surface area contributed by atoms with E-state index in [-0.39, 0.29) is 11.8 Å². The molecule has 0 atom stereocenters. The van der Waals surface area contributed by atoms with Crippen molar-refractivity contribution in [2.75, 3.05) is 23.7 Å². The van der Waals surface area contributed by atoms with Gasteiger partial charge < -0.3 is 16.0 Å². The summed E-state index contributed by atoms with van der Waals surface area (Å²) >= 11 is 0. The van der Waals surface area contributed by atoms with E-state index < -0.39 is 0 Å². The van der Waals surface area contributed by atoms with Crippen LogP contribution in [-0.4, -0.2) is 24.9 Å². The van der Waals surface area contributed by atoms with Crippen LogP contribution in [0, 0.1) is 0 Å². The minimum atomic E-state index is -0.116. The third-order valence-corrected chi connectivity index (χ3v) is 3.68. The maximum absolute atomic E-state index is 11.9. The van der Waals surface area contributed by atoms with Crippen LogP contribution in [0.25, 0.3) is 0 Å². The van der Waals surface area contributed by atoms with E-state index in [1.165, 1.54) is 12.5 Å². The molecule has 0 saturated heterocycles. The van der Waals surface area contributed by atoms with Crippen molar-refractivity contribution < 1.29 is 9.59 Å². The number of anilines is 2. The fourth-order valence-corrected chi connectivity index (χ4v) is 2.45. The molecule has 0 aromatic heterocycles. The Morgan fingerprint density at radius 3 is 2.12 bits per heavy atom. The highest BCUT2D eigenvalue weighted by Crippen LogP contribution is 2.13. The number of aryl methyl sites for hydroxylation is 1. The summed E-state index contributed by atoms with van der Waals surface area (Å²) in [6.45, 7) is 3.01. The third-order valence-electron chi connectivity index (χ3n) is 3.68. The summed E-state index contributed by atoms with van der Waals surface area (Å²) in [7, 11) is 0. The molecule has 2 amide bonds. The Morgan fingerprint density at radius 2 is 1.48 bits per heavy atom. The Hall–Kier alpha value is -2.66. The maximum Gasteiger partial charge on any atom is 0.225 e. The molecule has 0 saturated carbocycles. The second kappa shape index (κ2) is 10.3. The van der Waals surface area contributed by atoms with Gasteiger partial charge in [0.25, 0.3) is 0 Å². The largest absolute Gasteiger partial charge is 0.326 e. The Morgan fingerprint density at radius 1 is 0.840 bits per heavy atom. The topological polar surface area (TPSA) is 70.2 Å². The smallest absolute Gasteiger partial charge is 0.225 e. The monoisotopic (exact) mass is 339 g/mol. The SMILES string of the molecule is CC(=O)Nc1ccc(NC(=O)CCNCCCc2ccccc2)cc1. The van der Waals surface area contributed by atoms with Gasteiger partial charge in [-0.05, 0) is 49.2 Å². The van der Waals surface area contributed by atoms with Gasteiger partial charge in [0, 0.05) is 31.3 Å². The van der Waals surface area contributed by atoms with Crippen molar-refractivity contribution in [3.8, 4) is 0 Å². The summed E-state index contributed by atoms with van der Waals surface area (Å²) in [6, 6.07) is 17.5. The van der Waals surface area contributed by atoms with Gasteiger partial charge in [-0.3, -0.25) is 9.59 Å². The molecule has 0 heterocycles. The molecule has 2 rings (SSSR count). The standard InChI is InChI=1S/C20H25N3O2/c1-16(24)22-18-9-11-19(12-10-18)23-20(25)13-15-21-14-5-8-17-6-3-2-4-7-17/h2-4,6-7,9-12,21H,5,8,13-15H2,1H3,(H,22,24)(H,23,25). The zero-order valence-electron chi connectivity index (χ0n) is 14.5.